The average molecular weight is 434 g/mol. The van der Waals surface area contributed by atoms with Gasteiger partial charge in [-0.15, -0.1) is 0 Å². The third-order valence-corrected chi connectivity index (χ3v) is 5.10. The van der Waals surface area contributed by atoms with Gasteiger partial charge in [0.1, 0.15) is 24.9 Å². The molecule has 0 spiro atoms. The molecule has 3 atom stereocenters. The first-order chi connectivity index (χ1) is 14.5. The molecular weight excluding hydrogens is 412 g/mol. The number of carboxylic acids is 1. The highest BCUT2D eigenvalue weighted by atomic mass is 16.4. The summed E-state index contributed by atoms with van der Waals surface area (Å²) in [6, 6.07) is 3.38. The van der Waals surface area contributed by atoms with Crippen LogP contribution in [0.5, 0.6) is 0 Å². The first-order valence-corrected chi connectivity index (χ1v) is 9.34. The second-order valence-electron chi connectivity index (χ2n) is 7.31. The summed E-state index contributed by atoms with van der Waals surface area (Å²) >= 11 is 0. The van der Waals surface area contributed by atoms with Crippen molar-refractivity contribution in [3.63, 3.8) is 0 Å². The molecule has 2 aliphatic heterocycles. The minimum atomic E-state index is -1.72. The van der Waals surface area contributed by atoms with Crippen LogP contribution in [-0.4, -0.2) is 75.5 Å². The molecule has 31 heavy (non-hydrogen) atoms. The molecule has 1 aromatic carbocycles. The maximum Gasteiger partial charge on any atom is 0.353 e. The summed E-state index contributed by atoms with van der Waals surface area (Å²) in [5.74, 6) is -1.62. The molecule has 1 aromatic rings. The fraction of sp³-hybridized carbons (Fsp3) is 0.421. The van der Waals surface area contributed by atoms with Gasteiger partial charge in [0, 0.05) is 0 Å². The monoisotopic (exact) mass is 434 g/mol. The summed E-state index contributed by atoms with van der Waals surface area (Å²) in [7, 11) is 0. The average Bonchev–Trinajstić information content (AvgIpc) is 2.71. The lowest BCUT2D eigenvalue weighted by Gasteiger charge is -2.25. The highest BCUT2D eigenvalue weighted by Gasteiger charge is 2.28. The molecule has 0 bridgehead atoms. The molecule has 0 unspecified atom stereocenters. The molecule has 5 N–H and O–H groups in total. The lowest BCUT2D eigenvalue weighted by atomic mass is 10.1. The van der Waals surface area contributed by atoms with E-state index in [0.717, 1.165) is 11.1 Å². The number of fused-ring (bicyclic) bond motifs is 2. The first kappa shape index (κ1) is 22.5. The van der Waals surface area contributed by atoms with E-state index in [1.165, 1.54) is 4.57 Å². The number of aromatic nitrogens is 4. The van der Waals surface area contributed by atoms with Crippen LogP contribution >= 0.6 is 0 Å². The molecule has 0 saturated carbocycles. The summed E-state index contributed by atoms with van der Waals surface area (Å²) in [5, 5.41) is 48.1. The van der Waals surface area contributed by atoms with Crippen LogP contribution in [0.15, 0.2) is 21.7 Å². The zero-order chi connectivity index (χ0) is 23.0. The number of hydrogen-bond acceptors (Lipinski definition) is 9. The van der Waals surface area contributed by atoms with Gasteiger partial charge in [0.05, 0.1) is 24.2 Å². The number of aryl methyl sites for hydroxylation is 2. The van der Waals surface area contributed by atoms with Crippen molar-refractivity contribution in [2.45, 2.75) is 45.2 Å². The van der Waals surface area contributed by atoms with Crippen LogP contribution in [0.25, 0.3) is 22.6 Å². The maximum atomic E-state index is 12.8. The third-order valence-electron chi connectivity index (χ3n) is 5.10. The molecule has 12 heteroatoms. The van der Waals surface area contributed by atoms with Gasteiger partial charge < -0.3 is 30.1 Å². The maximum absolute atomic E-state index is 12.8. The number of carboxylic acid groups (broad SMARTS) is 1. The van der Waals surface area contributed by atoms with Crippen LogP contribution in [0, 0.1) is 13.8 Å². The molecular formula is C19H22N4O8. The largest absolute Gasteiger partial charge is 0.480 e. The van der Waals surface area contributed by atoms with Crippen LogP contribution in [0.2, 0.25) is 0 Å². The fourth-order valence-corrected chi connectivity index (χ4v) is 3.25. The quantitative estimate of drug-likeness (QED) is 0.256. The van der Waals surface area contributed by atoms with Gasteiger partial charge in [-0.2, -0.15) is 4.98 Å². The summed E-state index contributed by atoms with van der Waals surface area (Å²) < 4.78 is 1.74. The minimum absolute atomic E-state index is 0.211. The summed E-state index contributed by atoms with van der Waals surface area (Å²) in [5.41, 5.74) is 0.0414. The minimum Gasteiger partial charge on any atom is -0.480 e. The Morgan fingerprint density at radius 2 is 1.68 bits per heavy atom. The van der Waals surface area contributed by atoms with Gasteiger partial charge in [0.15, 0.2) is 11.5 Å². The molecule has 12 nitrogen and oxygen atoms in total. The van der Waals surface area contributed by atoms with Gasteiger partial charge in [-0.25, -0.2) is 14.3 Å². The zero-order valence-corrected chi connectivity index (χ0v) is 16.8. The molecule has 0 fully saturated rings. The van der Waals surface area contributed by atoms with Crippen molar-refractivity contribution in [1.82, 2.24) is 19.1 Å². The number of nitrogens with zero attached hydrogens (tertiary/aromatic N) is 4. The van der Waals surface area contributed by atoms with Gasteiger partial charge in [-0.05, 0) is 37.1 Å². The lowest BCUT2D eigenvalue weighted by molar-refractivity contribution is -0.137. The smallest absolute Gasteiger partial charge is 0.353 e. The Labute approximate surface area is 174 Å². The summed E-state index contributed by atoms with van der Waals surface area (Å²) in [4.78, 5) is 44.2. The Morgan fingerprint density at radius 1 is 1.03 bits per heavy atom. The number of aliphatic carboxylic acids is 1. The van der Waals surface area contributed by atoms with Crippen molar-refractivity contribution in [1.29, 1.82) is 0 Å². The Balaban J connectivity index is 2.33. The van der Waals surface area contributed by atoms with Gasteiger partial charge in [0.2, 0.25) is 0 Å². The molecule has 0 aliphatic carbocycles. The van der Waals surface area contributed by atoms with E-state index < -0.39 is 55.2 Å². The molecule has 2 heterocycles. The lowest BCUT2D eigenvalue weighted by Crippen LogP contribution is -2.43. The SMILES string of the molecule is Cc1cc2nc3c(=O)n(CC(=O)O)c(=O)nc-3n(C[C@@H](O)[C@H](O)[C@@H](O)CO)c2cc1C. The Kier molecular flexibility index (Phi) is 6.18. The van der Waals surface area contributed by atoms with Gasteiger partial charge in [0.25, 0.3) is 5.56 Å². The standard InChI is InChI=1S/C19H22N4O8/c1-8-3-10-11(4-9(8)2)22(5-12(25)16(29)13(26)7-24)17-15(20-10)18(30)23(6-14(27)28)19(31)21-17/h3-4,12-13,16,24-26,29H,5-7H2,1-2H3,(H,27,28)/t12-,13+,16+/m1/s1. The number of aliphatic hydroxyl groups is 4. The predicted octanol–water partition coefficient (Wildman–Crippen LogP) is -2.17. The molecule has 3 rings (SSSR count). The van der Waals surface area contributed by atoms with Crippen molar-refractivity contribution in [2.24, 2.45) is 0 Å². The zero-order valence-electron chi connectivity index (χ0n) is 16.8. The Hall–Kier alpha value is -3.19. The van der Waals surface area contributed by atoms with E-state index in [-0.39, 0.29) is 11.5 Å². The molecule has 0 radical (unpaired) electrons. The van der Waals surface area contributed by atoms with Crippen LogP contribution < -0.4 is 11.2 Å². The second-order valence-corrected chi connectivity index (χ2v) is 7.31. The highest BCUT2D eigenvalue weighted by molar-refractivity contribution is 5.81. The van der Waals surface area contributed by atoms with E-state index in [1.54, 1.807) is 12.1 Å². The van der Waals surface area contributed by atoms with Gasteiger partial charge >= 0.3 is 11.7 Å². The van der Waals surface area contributed by atoms with Crippen molar-refractivity contribution in [2.75, 3.05) is 6.61 Å². The first-order valence-electron chi connectivity index (χ1n) is 9.34. The van der Waals surface area contributed by atoms with E-state index in [9.17, 15) is 29.7 Å². The molecule has 166 valence electrons. The number of carbonyl (C=O) groups is 1. The number of rotatable bonds is 7. The molecule has 2 aliphatic rings. The van der Waals surface area contributed by atoms with Gasteiger partial charge in [-0.3, -0.25) is 9.59 Å². The van der Waals surface area contributed by atoms with E-state index in [2.05, 4.69) is 9.97 Å². The Bertz CT molecular complexity index is 1230. The van der Waals surface area contributed by atoms with Crippen molar-refractivity contribution >= 4 is 17.0 Å². The number of benzene rings is 1. The topological polar surface area (TPSA) is 188 Å². The van der Waals surface area contributed by atoms with Crippen molar-refractivity contribution in [3.05, 3.63) is 44.1 Å². The van der Waals surface area contributed by atoms with E-state index >= 15 is 0 Å². The van der Waals surface area contributed by atoms with E-state index in [4.69, 9.17) is 10.2 Å². The van der Waals surface area contributed by atoms with E-state index in [0.29, 0.717) is 15.6 Å². The van der Waals surface area contributed by atoms with Crippen molar-refractivity contribution in [3.8, 4) is 11.5 Å². The Morgan fingerprint density at radius 3 is 2.29 bits per heavy atom. The third kappa shape index (κ3) is 4.18. The van der Waals surface area contributed by atoms with Crippen LogP contribution in [0.1, 0.15) is 11.1 Å². The van der Waals surface area contributed by atoms with Gasteiger partial charge in [-0.1, -0.05) is 0 Å². The predicted molar refractivity (Wildman–Crippen MR) is 107 cm³/mol. The normalized spacial score (nSPS) is 14.6. The summed E-state index contributed by atoms with van der Waals surface area (Å²) in [6.45, 7) is 1.56. The van der Waals surface area contributed by atoms with Crippen molar-refractivity contribution < 1.29 is 30.3 Å². The molecule has 0 aromatic heterocycles. The molecule has 0 saturated heterocycles. The molecule has 0 amide bonds. The van der Waals surface area contributed by atoms with Crippen LogP contribution in [-0.2, 0) is 17.9 Å². The number of hydrogen-bond donors (Lipinski definition) is 5. The second kappa shape index (κ2) is 8.51. The van der Waals surface area contributed by atoms with Crippen LogP contribution in [0.3, 0.4) is 0 Å². The summed E-state index contributed by atoms with van der Waals surface area (Å²) in [6.07, 6.45) is -4.93. The number of aliphatic hydroxyl groups excluding tert-OH is 4. The van der Waals surface area contributed by atoms with Crippen LogP contribution in [0.4, 0.5) is 0 Å². The highest BCUT2D eigenvalue weighted by Crippen LogP contribution is 2.24. The van der Waals surface area contributed by atoms with E-state index in [1.807, 2.05) is 13.8 Å². The fourth-order valence-electron chi connectivity index (χ4n) is 3.25.